The number of benzene rings is 2. The molecule has 0 bridgehead atoms. The van der Waals surface area contributed by atoms with Crippen molar-refractivity contribution in [2.24, 2.45) is 5.10 Å². The van der Waals surface area contributed by atoms with Gasteiger partial charge in [0.15, 0.2) is 0 Å². The molecule has 0 spiro atoms. The van der Waals surface area contributed by atoms with E-state index in [1.54, 1.807) is 12.1 Å². The van der Waals surface area contributed by atoms with Gasteiger partial charge in [0, 0.05) is 19.4 Å². The Bertz CT molecular complexity index is 862. The van der Waals surface area contributed by atoms with Gasteiger partial charge >= 0.3 is 0 Å². The summed E-state index contributed by atoms with van der Waals surface area (Å²) in [7, 11) is 0. The minimum atomic E-state index is -0.333. The first-order valence-corrected chi connectivity index (χ1v) is 8.97. The molecule has 1 aliphatic heterocycles. The highest BCUT2D eigenvalue weighted by atomic mass is 19.1. The number of carbonyl (C=O) groups is 2. The Morgan fingerprint density at radius 2 is 1.93 bits per heavy atom. The Hall–Kier alpha value is -3.02. The van der Waals surface area contributed by atoms with E-state index in [-0.39, 0.29) is 30.6 Å². The second kappa shape index (κ2) is 8.58. The molecular weight excluding hydrogens is 345 g/mol. The summed E-state index contributed by atoms with van der Waals surface area (Å²) in [6.45, 7) is 2.76. The second-order valence-corrected chi connectivity index (χ2v) is 6.62. The third-order valence-corrected chi connectivity index (χ3v) is 4.39. The van der Waals surface area contributed by atoms with Gasteiger partial charge in [-0.2, -0.15) is 5.10 Å². The van der Waals surface area contributed by atoms with Gasteiger partial charge in [-0.25, -0.2) is 9.40 Å². The summed E-state index contributed by atoms with van der Waals surface area (Å²) in [5.41, 5.74) is 3.45. The first kappa shape index (κ1) is 18.8. The van der Waals surface area contributed by atoms with Crippen molar-refractivity contribution in [3.05, 3.63) is 71.0 Å². The molecule has 5 nitrogen and oxygen atoms in total. The summed E-state index contributed by atoms with van der Waals surface area (Å²) >= 11 is 0. The molecule has 27 heavy (non-hydrogen) atoms. The molecule has 0 fully saturated rings. The average molecular weight is 367 g/mol. The number of amides is 2. The molecule has 1 N–H and O–H groups in total. The van der Waals surface area contributed by atoms with Crippen molar-refractivity contribution in [3.8, 4) is 0 Å². The Labute approximate surface area is 157 Å². The Balaban J connectivity index is 1.58. The molecule has 0 aromatic heterocycles. The first-order valence-electron chi connectivity index (χ1n) is 8.97. The number of halogens is 1. The SMILES string of the molecule is Cc1cccc(CCNC(=O)C2=NN(Cc3ccc(F)cc3)C(=O)CC2)c1. The molecular formula is C21H22FN3O2. The first-order chi connectivity index (χ1) is 13.0. The zero-order chi connectivity index (χ0) is 19.2. The van der Waals surface area contributed by atoms with E-state index in [2.05, 4.69) is 16.5 Å². The van der Waals surface area contributed by atoms with Gasteiger partial charge in [-0.3, -0.25) is 9.59 Å². The van der Waals surface area contributed by atoms with Gasteiger partial charge in [-0.1, -0.05) is 42.0 Å². The van der Waals surface area contributed by atoms with Crippen LogP contribution in [0.2, 0.25) is 0 Å². The zero-order valence-corrected chi connectivity index (χ0v) is 15.2. The van der Waals surface area contributed by atoms with Crippen molar-refractivity contribution >= 4 is 17.5 Å². The van der Waals surface area contributed by atoms with Crippen molar-refractivity contribution < 1.29 is 14.0 Å². The smallest absolute Gasteiger partial charge is 0.267 e. The monoisotopic (exact) mass is 367 g/mol. The predicted molar refractivity (Wildman–Crippen MR) is 102 cm³/mol. The highest BCUT2D eigenvalue weighted by molar-refractivity contribution is 6.39. The minimum absolute atomic E-state index is 0.143. The summed E-state index contributed by atoms with van der Waals surface area (Å²) in [5.74, 6) is -0.726. The number of hydrogen-bond donors (Lipinski definition) is 1. The zero-order valence-electron chi connectivity index (χ0n) is 15.2. The van der Waals surface area contributed by atoms with Crippen molar-refractivity contribution in [3.63, 3.8) is 0 Å². The van der Waals surface area contributed by atoms with Crippen LogP contribution in [0.25, 0.3) is 0 Å². The lowest BCUT2D eigenvalue weighted by atomic mass is 10.1. The standard InChI is InChI=1S/C21H22FN3O2/c1-15-3-2-4-16(13-15)11-12-23-21(27)19-9-10-20(26)25(24-19)14-17-5-7-18(22)8-6-17/h2-8,13H,9-12,14H2,1H3,(H,23,27). The van der Waals surface area contributed by atoms with Crippen molar-refractivity contribution in [1.29, 1.82) is 0 Å². The highest BCUT2D eigenvalue weighted by Gasteiger charge is 2.24. The van der Waals surface area contributed by atoms with Gasteiger partial charge in [0.2, 0.25) is 5.91 Å². The van der Waals surface area contributed by atoms with Crippen LogP contribution in [0.3, 0.4) is 0 Å². The fourth-order valence-electron chi connectivity index (χ4n) is 2.94. The average Bonchev–Trinajstić information content (AvgIpc) is 2.65. The van der Waals surface area contributed by atoms with E-state index in [0.717, 1.165) is 17.5 Å². The number of aryl methyl sites for hydroxylation is 1. The number of rotatable bonds is 6. The Kier molecular flexibility index (Phi) is 5.96. The summed E-state index contributed by atoms with van der Waals surface area (Å²) in [6, 6.07) is 14.0. The molecule has 0 radical (unpaired) electrons. The van der Waals surface area contributed by atoms with E-state index < -0.39 is 0 Å². The fourth-order valence-corrected chi connectivity index (χ4v) is 2.94. The summed E-state index contributed by atoms with van der Waals surface area (Å²) in [4.78, 5) is 24.5. The van der Waals surface area contributed by atoms with Crippen LogP contribution in [0.4, 0.5) is 4.39 Å². The van der Waals surface area contributed by atoms with Crippen molar-refractivity contribution in [2.45, 2.75) is 32.7 Å². The molecule has 0 aliphatic carbocycles. The third kappa shape index (κ3) is 5.23. The Morgan fingerprint density at radius 1 is 1.15 bits per heavy atom. The molecule has 140 valence electrons. The molecule has 2 aromatic carbocycles. The van der Waals surface area contributed by atoms with Crippen LogP contribution in [0, 0.1) is 12.7 Å². The third-order valence-electron chi connectivity index (χ3n) is 4.39. The van der Waals surface area contributed by atoms with E-state index in [0.29, 0.717) is 18.7 Å². The normalized spacial score (nSPS) is 14.1. The van der Waals surface area contributed by atoms with Crippen molar-refractivity contribution in [1.82, 2.24) is 10.3 Å². The van der Waals surface area contributed by atoms with Crippen LogP contribution in [0.5, 0.6) is 0 Å². The maximum absolute atomic E-state index is 13.0. The molecule has 3 rings (SSSR count). The highest BCUT2D eigenvalue weighted by Crippen LogP contribution is 2.14. The Morgan fingerprint density at radius 3 is 2.67 bits per heavy atom. The lowest BCUT2D eigenvalue weighted by Crippen LogP contribution is -2.39. The van der Waals surface area contributed by atoms with Crippen LogP contribution >= 0.6 is 0 Å². The van der Waals surface area contributed by atoms with Gasteiger partial charge < -0.3 is 5.32 Å². The van der Waals surface area contributed by atoms with E-state index >= 15 is 0 Å². The molecule has 6 heteroatoms. The van der Waals surface area contributed by atoms with Crippen molar-refractivity contribution in [2.75, 3.05) is 6.54 Å². The maximum atomic E-state index is 13.0. The van der Waals surface area contributed by atoms with Gasteiger partial charge in [-0.05, 0) is 36.6 Å². The number of nitrogens with one attached hydrogen (secondary N) is 1. The number of hydrazone groups is 1. The van der Waals surface area contributed by atoms with Crippen LogP contribution in [0.1, 0.15) is 29.5 Å². The van der Waals surface area contributed by atoms with Crippen LogP contribution in [-0.4, -0.2) is 29.1 Å². The second-order valence-electron chi connectivity index (χ2n) is 6.62. The minimum Gasteiger partial charge on any atom is -0.351 e. The molecule has 0 unspecified atom stereocenters. The lowest BCUT2D eigenvalue weighted by molar-refractivity contribution is -0.132. The van der Waals surface area contributed by atoms with Crippen LogP contribution in [0.15, 0.2) is 53.6 Å². The molecule has 0 atom stereocenters. The molecule has 1 heterocycles. The quantitative estimate of drug-likeness (QED) is 0.853. The van der Waals surface area contributed by atoms with Gasteiger partial charge in [-0.15, -0.1) is 0 Å². The molecule has 0 saturated carbocycles. The van der Waals surface area contributed by atoms with Gasteiger partial charge in [0.1, 0.15) is 11.5 Å². The fraction of sp³-hybridized carbons (Fsp3) is 0.286. The lowest BCUT2D eigenvalue weighted by Gasteiger charge is -2.23. The maximum Gasteiger partial charge on any atom is 0.267 e. The molecule has 2 amide bonds. The molecule has 0 saturated heterocycles. The number of carbonyl (C=O) groups excluding carboxylic acids is 2. The number of nitrogens with zero attached hydrogens (tertiary/aromatic N) is 2. The van der Waals surface area contributed by atoms with Gasteiger partial charge in [0.25, 0.3) is 5.91 Å². The van der Waals surface area contributed by atoms with Gasteiger partial charge in [0.05, 0.1) is 6.54 Å². The van der Waals surface area contributed by atoms with E-state index in [4.69, 9.17) is 0 Å². The van der Waals surface area contributed by atoms with E-state index in [1.165, 1.54) is 22.7 Å². The summed E-state index contributed by atoms with van der Waals surface area (Å²) in [6.07, 6.45) is 1.30. The summed E-state index contributed by atoms with van der Waals surface area (Å²) in [5, 5.41) is 8.37. The topological polar surface area (TPSA) is 61.8 Å². The largest absolute Gasteiger partial charge is 0.351 e. The van der Waals surface area contributed by atoms with E-state index in [1.807, 2.05) is 25.1 Å². The number of hydrogen-bond acceptors (Lipinski definition) is 3. The van der Waals surface area contributed by atoms with Crippen LogP contribution < -0.4 is 5.32 Å². The summed E-state index contributed by atoms with van der Waals surface area (Å²) < 4.78 is 13.0. The molecule has 1 aliphatic rings. The predicted octanol–water partition coefficient (Wildman–Crippen LogP) is 2.97. The van der Waals surface area contributed by atoms with E-state index in [9.17, 15) is 14.0 Å². The van der Waals surface area contributed by atoms with Crippen LogP contribution in [-0.2, 0) is 22.6 Å². The molecule has 2 aromatic rings.